The first-order valence-electron chi connectivity index (χ1n) is 8.05. The van der Waals surface area contributed by atoms with Crippen molar-refractivity contribution >= 4 is 14.1 Å². The number of Topliss-reactive ketones (excluding diaryl/α,β-unsaturated/α-hetero) is 1. The van der Waals surface area contributed by atoms with E-state index in [9.17, 15) is 4.79 Å². The second kappa shape index (κ2) is 6.71. The third kappa shape index (κ3) is 4.55. The van der Waals surface area contributed by atoms with Gasteiger partial charge in [-0.2, -0.15) is 0 Å². The highest BCUT2D eigenvalue weighted by molar-refractivity contribution is 6.74. The standard InChI is InChI=1S/C20H26O2Si/c1-20(2,3)23(4,5)22-18-13-11-16(12-14-18)15-19(21)17-9-7-6-8-10-17/h6-14H,15H2,1-5H3. The maximum atomic E-state index is 12.2. The molecule has 0 fully saturated rings. The van der Waals surface area contributed by atoms with Crippen molar-refractivity contribution < 1.29 is 9.22 Å². The van der Waals surface area contributed by atoms with Crippen LogP contribution in [0.4, 0.5) is 0 Å². The lowest BCUT2D eigenvalue weighted by atomic mass is 10.0. The molecule has 23 heavy (non-hydrogen) atoms. The summed E-state index contributed by atoms with van der Waals surface area (Å²) in [5, 5.41) is 0.176. The lowest BCUT2D eigenvalue weighted by Crippen LogP contribution is -2.43. The Morgan fingerprint density at radius 1 is 0.957 bits per heavy atom. The molecule has 0 aromatic heterocycles. The molecule has 0 amide bonds. The Kier molecular flexibility index (Phi) is 5.10. The molecule has 0 spiro atoms. The van der Waals surface area contributed by atoms with Gasteiger partial charge in [0.25, 0.3) is 0 Å². The van der Waals surface area contributed by atoms with Crippen LogP contribution in [0.3, 0.4) is 0 Å². The summed E-state index contributed by atoms with van der Waals surface area (Å²) in [4.78, 5) is 12.2. The molecule has 0 bridgehead atoms. The summed E-state index contributed by atoms with van der Waals surface area (Å²) in [5.74, 6) is 1.04. The lowest BCUT2D eigenvalue weighted by molar-refractivity contribution is 0.0993. The van der Waals surface area contributed by atoms with Crippen LogP contribution in [0.15, 0.2) is 54.6 Å². The summed E-state index contributed by atoms with van der Waals surface area (Å²) in [6.45, 7) is 11.2. The lowest BCUT2D eigenvalue weighted by Gasteiger charge is -2.36. The maximum Gasteiger partial charge on any atom is 0.250 e. The van der Waals surface area contributed by atoms with Crippen LogP contribution in [0, 0.1) is 0 Å². The van der Waals surface area contributed by atoms with Gasteiger partial charge < -0.3 is 4.43 Å². The Labute approximate surface area is 140 Å². The average Bonchev–Trinajstić information content (AvgIpc) is 2.48. The minimum Gasteiger partial charge on any atom is -0.544 e. The predicted molar refractivity (Wildman–Crippen MR) is 98.7 cm³/mol. The second-order valence-corrected chi connectivity index (χ2v) is 12.2. The molecule has 0 aliphatic rings. The van der Waals surface area contributed by atoms with E-state index in [0.717, 1.165) is 16.9 Å². The molecule has 0 radical (unpaired) electrons. The van der Waals surface area contributed by atoms with Crippen LogP contribution in [0.2, 0.25) is 18.1 Å². The van der Waals surface area contributed by atoms with Gasteiger partial charge in [-0.15, -0.1) is 0 Å². The van der Waals surface area contributed by atoms with Crippen LogP contribution in [0.1, 0.15) is 36.7 Å². The fraction of sp³-hybridized carbons (Fsp3) is 0.350. The molecular weight excluding hydrogens is 300 g/mol. The van der Waals surface area contributed by atoms with Crippen LogP contribution in [0.5, 0.6) is 5.75 Å². The van der Waals surface area contributed by atoms with Crippen LogP contribution >= 0.6 is 0 Å². The monoisotopic (exact) mass is 326 g/mol. The molecule has 3 heteroatoms. The number of ketones is 1. The van der Waals surface area contributed by atoms with Gasteiger partial charge in [-0.25, -0.2) is 0 Å². The van der Waals surface area contributed by atoms with E-state index in [2.05, 4.69) is 33.9 Å². The van der Waals surface area contributed by atoms with Crippen molar-refractivity contribution in [3.8, 4) is 5.75 Å². The molecule has 2 aromatic rings. The largest absolute Gasteiger partial charge is 0.544 e. The van der Waals surface area contributed by atoms with Gasteiger partial charge in [-0.3, -0.25) is 4.79 Å². The first kappa shape index (κ1) is 17.5. The minimum atomic E-state index is -1.81. The van der Waals surface area contributed by atoms with E-state index in [1.807, 2.05) is 54.6 Å². The Bertz CT molecular complexity index is 652. The van der Waals surface area contributed by atoms with Crippen molar-refractivity contribution in [2.75, 3.05) is 0 Å². The SMILES string of the molecule is CC(C)(C)[Si](C)(C)Oc1ccc(CC(=O)c2ccccc2)cc1. The van der Waals surface area contributed by atoms with Crippen LogP contribution in [-0.4, -0.2) is 14.1 Å². The summed E-state index contributed by atoms with van der Waals surface area (Å²) in [6.07, 6.45) is 0.421. The minimum absolute atomic E-state index is 0.142. The Morgan fingerprint density at radius 3 is 2.04 bits per heavy atom. The molecular formula is C20H26O2Si. The number of hydrogen-bond donors (Lipinski definition) is 0. The van der Waals surface area contributed by atoms with Crippen LogP contribution in [-0.2, 0) is 6.42 Å². The van der Waals surface area contributed by atoms with Gasteiger partial charge in [0.05, 0.1) is 0 Å². The molecule has 0 aliphatic carbocycles. The molecule has 0 saturated heterocycles. The van der Waals surface area contributed by atoms with E-state index in [0.29, 0.717) is 6.42 Å². The molecule has 0 heterocycles. The molecule has 2 aromatic carbocycles. The normalized spacial score (nSPS) is 12.0. The van der Waals surface area contributed by atoms with Gasteiger partial charge in [0, 0.05) is 12.0 Å². The average molecular weight is 327 g/mol. The van der Waals surface area contributed by atoms with E-state index in [1.165, 1.54) is 0 Å². The van der Waals surface area contributed by atoms with E-state index >= 15 is 0 Å². The highest BCUT2D eigenvalue weighted by Crippen LogP contribution is 2.37. The third-order valence-electron chi connectivity index (χ3n) is 4.56. The van der Waals surface area contributed by atoms with Crippen molar-refractivity contribution in [2.24, 2.45) is 0 Å². The molecule has 0 aliphatic heterocycles. The molecule has 0 unspecified atom stereocenters. The zero-order valence-corrected chi connectivity index (χ0v) is 15.7. The van der Waals surface area contributed by atoms with Crippen molar-refractivity contribution in [1.82, 2.24) is 0 Å². The van der Waals surface area contributed by atoms with Gasteiger partial charge in [0.15, 0.2) is 5.78 Å². The quantitative estimate of drug-likeness (QED) is 0.536. The van der Waals surface area contributed by atoms with E-state index in [1.54, 1.807) is 0 Å². The summed E-state index contributed by atoms with van der Waals surface area (Å²) in [5.41, 5.74) is 1.77. The fourth-order valence-electron chi connectivity index (χ4n) is 2.03. The zero-order chi connectivity index (χ0) is 17.1. The fourth-order valence-corrected chi connectivity index (χ4v) is 3.07. The second-order valence-electron chi connectivity index (χ2n) is 7.47. The molecule has 0 saturated carbocycles. The van der Waals surface area contributed by atoms with Gasteiger partial charge in [0.1, 0.15) is 5.75 Å². The summed E-state index contributed by atoms with van der Waals surface area (Å²) in [6, 6.07) is 17.4. The third-order valence-corrected chi connectivity index (χ3v) is 8.92. The van der Waals surface area contributed by atoms with E-state index in [4.69, 9.17) is 4.43 Å². The highest BCUT2D eigenvalue weighted by Gasteiger charge is 2.38. The number of carbonyl (C=O) groups excluding carboxylic acids is 1. The Balaban J connectivity index is 2.04. The number of hydrogen-bond acceptors (Lipinski definition) is 2. The van der Waals surface area contributed by atoms with Gasteiger partial charge >= 0.3 is 0 Å². The van der Waals surface area contributed by atoms with E-state index < -0.39 is 8.32 Å². The molecule has 2 nitrogen and oxygen atoms in total. The number of carbonyl (C=O) groups is 1. The van der Waals surface area contributed by atoms with Crippen molar-refractivity contribution in [2.45, 2.75) is 45.3 Å². The van der Waals surface area contributed by atoms with Crippen molar-refractivity contribution in [3.05, 3.63) is 65.7 Å². The predicted octanol–water partition coefficient (Wildman–Crippen LogP) is 5.50. The number of rotatable bonds is 5. The maximum absolute atomic E-state index is 12.2. The van der Waals surface area contributed by atoms with E-state index in [-0.39, 0.29) is 10.8 Å². The highest BCUT2D eigenvalue weighted by atomic mass is 28.4. The summed E-state index contributed by atoms with van der Waals surface area (Å²) < 4.78 is 6.26. The first-order chi connectivity index (χ1) is 10.7. The Morgan fingerprint density at radius 2 is 1.52 bits per heavy atom. The van der Waals surface area contributed by atoms with Crippen LogP contribution < -0.4 is 4.43 Å². The molecule has 0 N–H and O–H groups in total. The summed E-state index contributed by atoms with van der Waals surface area (Å²) in [7, 11) is -1.81. The first-order valence-corrected chi connectivity index (χ1v) is 11.0. The smallest absolute Gasteiger partial charge is 0.250 e. The summed E-state index contributed by atoms with van der Waals surface area (Å²) >= 11 is 0. The molecule has 122 valence electrons. The van der Waals surface area contributed by atoms with Crippen LogP contribution in [0.25, 0.3) is 0 Å². The Hall–Kier alpha value is -1.87. The molecule has 2 rings (SSSR count). The van der Waals surface area contributed by atoms with Gasteiger partial charge in [-0.1, -0.05) is 63.2 Å². The topological polar surface area (TPSA) is 26.3 Å². The molecule has 0 atom stereocenters. The van der Waals surface area contributed by atoms with Crippen molar-refractivity contribution in [1.29, 1.82) is 0 Å². The zero-order valence-electron chi connectivity index (χ0n) is 14.7. The van der Waals surface area contributed by atoms with Gasteiger partial charge in [0.2, 0.25) is 8.32 Å². The number of benzene rings is 2. The van der Waals surface area contributed by atoms with Gasteiger partial charge in [-0.05, 0) is 35.8 Å². The van der Waals surface area contributed by atoms with Crippen molar-refractivity contribution in [3.63, 3.8) is 0 Å².